The molecule has 0 amide bonds. The van der Waals surface area contributed by atoms with Crippen LogP contribution in [0.3, 0.4) is 0 Å². The Morgan fingerprint density at radius 3 is 1.35 bits per heavy atom. The molecule has 0 aromatic carbocycles. The van der Waals surface area contributed by atoms with Gasteiger partial charge in [0.1, 0.15) is 48.8 Å². The standard InChI is InChI=1S/C42H66O20/c1-19(15-55-35(51)23-17-57-37(27-21(23)9-11-41(27,3)53)61-39-33(49)31(47)29(45)25(13-43)59-39)7-5-6-8-20(2)16-56-36(52)24-18-58-38(28-22(24)10-12-42(28,4)54)62-40-34(50)32(48)30(46)26(14-44)60-40/h17-22,25-34,37-40,43-50,53-54H,5-16H2,1-4H3. The van der Waals surface area contributed by atoms with E-state index < -0.39 is 134 Å². The molecule has 10 N–H and O–H groups in total. The van der Waals surface area contributed by atoms with Gasteiger partial charge in [-0.25, -0.2) is 9.59 Å². The second-order valence-electron chi connectivity index (χ2n) is 18.6. The number of unbranched alkanes of at least 4 members (excludes halogenated alkanes) is 1. The van der Waals surface area contributed by atoms with Crippen LogP contribution in [0.2, 0.25) is 0 Å². The predicted molar refractivity (Wildman–Crippen MR) is 208 cm³/mol. The van der Waals surface area contributed by atoms with Crippen molar-refractivity contribution in [2.75, 3.05) is 26.4 Å². The van der Waals surface area contributed by atoms with E-state index in [1.807, 2.05) is 13.8 Å². The molecule has 6 rings (SSSR count). The Labute approximate surface area is 359 Å². The van der Waals surface area contributed by atoms with Crippen molar-refractivity contribution >= 4 is 11.9 Å². The quantitative estimate of drug-likeness (QED) is 0.0592. The molecule has 0 radical (unpaired) electrons. The molecule has 2 aliphatic carbocycles. The van der Waals surface area contributed by atoms with Crippen LogP contribution in [0.5, 0.6) is 0 Å². The molecule has 2 saturated heterocycles. The number of carbonyl (C=O) groups is 2. The second kappa shape index (κ2) is 20.3. The molecule has 0 aromatic rings. The fraction of sp³-hybridized carbons (Fsp3) is 0.857. The Kier molecular flexibility index (Phi) is 16.0. The average molecular weight is 891 g/mol. The van der Waals surface area contributed by atoms with Crippen LogP contribution in [0.1, 0.15) is 79.1 Å². The minimum Gasteiger partial charge on any atom is -0.471 e. The summed E-state index contributed by atoms with van der Waals surface area (Å²) in [6, 6.07) is 0. The van der Waals surface area contributed by atoms with Gasteiger partial charge in [0.15, 0.2) is 12.6 Å². The Morgan fingerprint density at radius 2 is 1.00 bits per heavy atom. The van der Waals surface area contributed by atoms with Crippen molar-refractivity contribution in [3.05, 3.63) is 23.7 Å². The van der Waals surface area contributed by atoms with Gasteiger partial charge in [-0.3, -0.25) is 0 Å². The molecule has 20 heteroatoms. The first kappa shape index (κ1) is 48.9. The first-order chi connectivity index (χ1) is 29.3. The van der Waals surface area contributed by atoms with Gasteiger partial charge in [-0.15, -0.1) is 0 Å². The topological polar surface area (TPSA) is 310 Å². The fourth-order valence-electron chi connectivity index (χ4n) is 9.75. The van der Waals surface area contributed by atoms with Gasteiger partial charge in [-0.05, 0) is 64.2 Å². The highest BCUT2D eigenvalue weighted by Gasteiger charge is 2.58. The number of ether oxygens (including phenoxy) is 8. The lowest BCUT2D eigenvalue weighted by atomic mass is 9.81. The van der Waals surface area contributed by atoms with Crippen LogP contribution in [0.25, 0.3) is 0 Å². The van der Waals surface area contributed by atoms with Crippen molar-refractivity contribution < 1.29 is 98.5 Å². The van der Waals surface area contributed by atoms with Gasteiger partial charge in [-0.1, -0.05) is 26.7 Å². The molecule has 20 unspecified atom stereocenters. The minimum absolute atomic E-state index is 0.0188. The van der Waals surface area contributed by atoms with Crippen LogP contribution < -0.4 is 0 Å². The summed E-state index contributed by atoms with van der Waals surface area (Å²) in [5.74, 6) is -3.66. The van der Waals surface area contributed by atoms with Crippen molar-refractivity contribution in [1.29, 1.82) is 0 Å². The Bertz CT molecular complexity index is 1470. The number of fused-ring (bicyclic) bond motifs is 2. The predicted octanol–water partition coefficient (Wildman–Crippen LogP) is -1.43. The lowest BCUT2D eigenvalue weighted by Crippen LogP contribution is -2.60. The van der Waals surface area contributed by atoms with E-state index in [0.717, 1.165) is 25.7 Å². The highest BCUT2D eigenvalue weighted by Crippen LogP contribution is 2.51. The molecule has 0 bridgehead atoms. The van der Waals surface area contributed by atoms with Crippen molar-refractivity contribution in [3.8, 4) is 0 Å². The largest absolute Gasteiger partial charge is 0.471 e. The van der Waals surface area contributed by atoms with Gasteiger partial charge in [-0.2, -0.15) is 0 Å². The molecule has 4 heterocycles. The molecule has 6 aliphatic rings. The van der Waals surface area contributed by atoms with E-state index in [-0.39, 0.29) is 36.2 Å². The first-order valence-corrected chi connectivity index (χ1v) is 21.7. The molecular weight excluding hydrogens is 824 g/mol. The zero-order chi connectivity index (χ0) is 45.3. The Hall–Kier alpha value is -2.54. The second-order valence-corrected chi connectivity index (χ2v) is 18.6. The zero-order valence-electron chi connectivity index (χ0n) is 35.6. The summed E-state index contributed by atoms with van der Waals surface area (Å²) in [6.45, 7) is 6.12. The van der Waals surface area contributed by atoms with E-state index in [9.17, 15) is 60.7 Å². The molecule has 0 spiro atoms. The normalized spacial score (nSPS) is 43.8. The van der Waals surface area contributed by atoms with Gasteiger partial charge in [0.2, 0.25) is 12.6 Å². The summed E-state index contributed by atoms with van der Waals surface area (Å²) in [5, 5.41) is 103. The zero-order valence-corrected chi connectivity index (χ0v) is 35.6. The molecule has 2 saturated carbocycles. The summed E-state index contributed by atoms with van der Waals surface area (Å²) in [6.07, 6.45) is -10.4. The molecule has 4 aliphatic heterocycles. The molecule has 62 heavy (non-hydrogen) atoms. The SMILES string of the molecule is CC(CCCCC(C)COC(=O)C1=COC(OC2OC(CO)C(O)C(O)C2O)C2C1CCC2(C)O)COC(=O)C1=COC(OC2OC(CO)C(O)C(O)C2O)C2C1CCC2(C)O. The maximum Gasteiger partial charge on any atom is 0.337 e. The fourth-order valence-corrected chi connectivity index (χ4v) is 9.75. The van der Waals surface area contributed by atoms with E-state index in [1.54, 1.807) is 13.8 Å². The van der Waals surface area contributed by atoms with Gasteiger partial charge >= 0.3 is 11.9 Å². The van der Waals surface area contributed by atoms with Crippen LogP contribution in [-0.2, 0) is 47.5 Å². The van der Waals surface area contributed by atoms with Crippen molar-refractivity contribution in [3.63, 3.8) is 0 Å². The third kappa shape index (κ3) is 10.4. The van der Waals surface area contributed by atoms with Gasteiger partial charge in [0.05, 0.1) is 73.1 Å². The van der Waals surface area contributed by atoms with E-state index >= 15 is 0 Å². The van der Waals surface area contributed by atoms with E-state index in [0.29, 0.717) is 25.7 Å². The number of carbonyl (C=O) groups excluding carboxylic acids is 2. The maximum atomic E-state index is 13.3. The number of hydrogen-bond donors (Lipinski definition) is 10. The first-order valence-electron chi connectivity index (χ1n) is 21.7. The van der Waals surface area contributed by atoms with Crippen LogP contribution in [-0.4, -0.2) is 175 Å². The van der Waals surface area contributed by atoms with Crippen LogP contribution >= 0.6 is 0 Å². The third-order valence-corrected chi connectivity index (χ3v) is 13.6. The summed E-state index contributed by atoms with van der Waals surface area (Å²) < 4.78 is 45.5. The third-order valence-electron chi connectivity index (χ3n) is 13.6. The number of esters is 2. The summed E-state index contributed by atoms with van der Waals surface area (Å²) in [7, 11) is 0. The number of rotatable bonds is 17. The number of aliphatic hydroxyl groups excluding tert-OH is 8. The molecule has 0 aromatic heterocycles. The van der Waals surface area contributed by atoms with Crippen LogP contribution in [0.15, 0.2) is 23.7 Å². The number of hydrogen-bond acceptors (Lipinski definition) is 20. The monoisotopic (exact) mass is 890 g/mol. The Morgan fingerprint density at radius 1 is 0.629 bits per heavy atom. The Balaban J connectivity index is 0.921. The molecule has 20 nitrogen and oxygen atoms in total. The summed E-state index contributed by atoms with van der Waals surface area (Å²) in [5.41, 5.74) is -2.17. The smallest absolute Gasteiger partial charge is 0.337 e. The van der Waals surface area contributed by atoms with E-state index in [1.165, 1.54) is 12.5 Å². The highest BCUT2D eigenvalue weighted by molar-refractivity contribution is 5.89. The van der Waals surface area contributed by atoms with E-state index in [2.05, 4.69) is 0 Å². The van der Waals surface area contributed by atoms with Crippen molar-refractivity contribution in [2.45, 2.75) is 164 Å². The van der Waals surface area contributed by atoms with E-state index in [4.69, 9.17) is 37.9 Å². The average Bonchev–Trinajstić information content (AvgIpc) is 3.75. The van der Waals surface area contributed by atoms with Gasteiger partial charge in [0.25, 0.3) is 0 Å². The van der Waals surface area contributed by atoms with Gasteiger partial charge < -0.3 is 89.0 Å². The highest BCUT2D eigenvalue weighted by atomic mass is 16.8. The lowest BCUT2D eigenvalue weighted by Gasteiger charge is -2.44. The minimum atomic E-state index is -1.67. The van der Waals surface area contributed by atoms with Crippen molar-refractivity contribution in [1.82, 2.24) is 0 Å². The van der Waals surface area contributed by atoms with Crippen molar-refractivity contribution in [2.24, 2.45) is 35.5 Å². The lowest BCUT2D eigenvalue weighted by molar-refractivity contribution is -0.346. The molecule has 20 atom stereocenters. The number of aliphatic hydroxyl groups is 10. The van der Waals surface area contributed by atoms with Gasteiger partial charge in [0, 0.05) is 11.8 Å². The maximum absolute atomic E-state index is 13.3. The molecule has 4 fully saturated rings. The molecule has 354 valence electrons. The van der Waals surface area contributed by atoms with Crippen LogP contribution in [0.4, 0.5) is 0 Å². The summed E-state index contributed by atoms with van der Waals surface area (Å²) in [4.78, 5) is 26.6. The summed E-state index contributed by atoms with van der Waals surface area (Å²) >= 11 is 0. The van der Waals surface area contributed by atoms with Crippen LogP contribution in [0, 0.1) is 35.5 Å². The molecular formula is C42H66O20.